The van der Waals surface area contributed by atoms with Crippen molar-refractivity contribution >= 4 is 47.2 Å². The number of carbonyl (C=O) groups is 3. The molecule has 0 aliphatic heterocycles. The Kier molecular flexibility index (Phi) is 8.61. The molecule has 8 nitrogen and oxygen atoms in total. The molecule has 3 aromatic rings. The second-order valence-corrected chi connectivity index (χ2v) is 7.63. The minimum Gasteiger partial charge on any atom is -0.497 e. The molecule has 2 N–H and O–H groups in total. The highest BCUT2D eigenvalue weighted by atomic mass is 35.5. The first-order valence-corrected chi connectivity index (χ1v) is 10.6. The maximum absolute atomic E-state index is 12.2. The molecule has 0 aliphatic carbocycles. The number of methoxy groups -OCH3 is 1. The molecular formula is C24H19Cl2N3O5. The average Bonchev–Trinajstić information content (AvgIpc) is 2.83. The minimum absolute atomic E-state index is 0.192. The molecule has 0 unspecified atom stereocenters. The van der Waals surface area contributed by atoms with E-state index in [0.29, 0.717) is 27.6 Å². The summed E-state index contributed by atoms with van der Waals surface area (Å²) in [4.78, 5) is 36.2. The van der Waals surface area contributed by atoms with Crippen LogP contribution in [0.3, 0.4) is 0 Å². The zero-order valence-corrected chi connectivity index (χ0v) is 19.4. The maximum atomic E-state index is 12.2. The number of nitrogens with one attached hydrogen (secondary N) is 2. The van der Waals surface area contributed by atoms with Crippen molar-refractivity contribution in [3.05, 3.63) is 93.5 Å². The van der Waals surface area contributed by atoms with Crippen LogP contribution in [0.1, 0.15) is 26.3 Å². The number of amides is 2. The van der Waals surface area contributed by atoms with Gasteiger partial charge in [0.15, 0.2) is 0 Å². The maximum Gasteiger partial charge on any atom is 0.345 e. The molecule has 10 heteroatoms. The predicted octanol–water partition coefficient (Wildman–Crippen LogP) is 4.10. The first-order valence-electron chi connectivity index (χ1n) is 9.87. The van der Waals surface area contributed by atoms with Crippen molar-refractivity contribution in [2.45, 2.75) is 0 Å². The highest BCUT2D eigenvalue weighted by molar-refractivity contribution is 6.36. The van der Waals surface area contributed by atoms with E-state index in [2.05, 4.69) is 15.8 Å². The molecule has 0 aromatic heterocycles. The van der Waals surface area contributed by atoms with Crippen LogP contribution in [-0.4, -0.2) is 37.7 Å². The Hall–Kier alpha value is -3.88. The van der Waals surface area contributed by atoms with Gasteiger partial charge < -0.3 is 14.8 Å². The van der Waals surface area contributed by atoms with Crippen molar-refractivity contribution in [3.63, 3.8) is 0 Å². The molecule has 174 valence electrons. The molecular weight excluding hydrogens is 481 g/mol. The van der Waals surface area contributed by atoms with Crippen molar-refractivity contribution in [1.82, 2.24) is 10.7 Å². The van der Waals surface area contributed by atoms with Gasteiger partial charge in [-0.15, -0.1) is 0 Å². The molecule has 0 bridgehead atoms. The van der Waals surface area contributed by atoms with E-state index in [-0.39, 0.29) is 17.1 Å². The van der Waals surface area contributed by atoms with Crippen molar-refractivity contribution in [2.24, 2.45) is 5.10 Å². The first-order chi connectivity index (χ1) is 16.4. The molecule has 0 atom stereocenters. The van der Waals surface area contributed by atoms with Gasteiger partial charge in [0, 0.05) is 10.6 Å². The monoisotopic (exact) mass is 499 g/mol. The third-order valence-electron chi connectivity index (χ3n) is 4.41. The topological polar surface area (TPSA) is 106 Å². The number of rotatable bonds is 8. The summed E-state index contributed by atoms with van der Waals surface area (Å²) in [6.45, 7) is -0.246. The van der Waals surface area contributed by atoms with Crippen LogP contribution >= 0.6 is 23.2 Å². The smallest absolute Gasteiger partial charge is 0.345 e. The number of hydrogen-bond acceptors (Lipinski definition) is 6. The van der Waals surface area contributed by atoms with E-state index >= 15 is 0 Å². The molecule has 0 spiro atoms. The molecule has 2 amide bonds. The molecule has 34 heavy (non-hydrogen) atoms. The minimum atomic E-state index is -0.618. The Bertz CT molecular complexity index is 1210. The highest BCUT2D eigenvalue weighted by Gasteiger charge is 2.13. The second kappa shape index (κ2) is 11.8. The van der Waals surface area contributed by atoms with Crippen LogP contribution in [0.15, 0.2) is 71.8 Å². The number of carbonyl (C=O) groups excluding carboxylic acids is 3. The van der Waals surface area contributed by atoms with Gasteiger partial charge in [-0.2, -0.15) is 5.10 Å². The lowest BCUT2D eigenvalue weighted by atomic mass is 10.2. The van der Waals surface area contributed by atoms with Gasteiger partial charge in [-0.05, 0) is 72.3 Å². The Morgan fingerprint density at radius 2 is 1.62 bits per heavy atom. The van der Waals surface area contributed by atoms with Gasteiger partial charge in [-0.3, -0.25) is 9.59 Å². The third-order valence-corrected chi connectivity index (χ3v) is 4.95. The normalized spacial score (nSPS) is 10.6. The van der Waals surface area contributed by atoms with Crippen molar-refractivity contribution in [1.29, 1.82) is 0 Å². The van der Waals surface area contributed by atoms with E-state index in [1.165, 1.54) is 25.5 Å². The summed E-state index contributed by atoms with van der Waals surface area (Å²) >= 11 is 11.8. The van der Waals surface area contributed by atoms with Crippen molar-refractivity contribution in [3.8, 4) is 11.5 Å². The first kappa shape index (κ1) is 24.8. The van der Waals surface area contributed by atoms with Gasteiger partial charge in [0.1, 0.15) is 11.5 Å². The summed E-state index contributed by atoms with van der Waals surface area (Å²) in [6, 6.07) is 17.4. The van der Waals surface area contributed by atoms with E-state index in [4.69, 9.17) is 32.7 Å². The molecule has 0 fully saturated rings. The van der Waals surface area contributed by atoms with Crippen LogP contribution in [0.25, 0.3) is 0 Å². The van der Waals surface area contributed by atoms with Crippen molar-refractivity contribution < 1.29 is 23.9 Å². The van der Waals surface area contributed by atoms with Gasteiger partial charge in [0.25, 0.3) is 11.8 Å². The third kappa shape index (κ3) is 7.06. The number of hydrogen-bond donors (Lipinski definition) is 2. The molecule has 0 radical (unpaired) electrons. The molecule has 0 heterocycles. The van der Waals surface area contributed by atoms with Crippen LogP contribution in [0.5, 0.6) is 11.5 Å². The molecule has 3 rings (SSSR count). The van der Waals surface area contributed by atoms with Gasteiger partial charge in [-0.25, -0.2) is 10.2 Å². The second-order valence-electron chi connectivity index (χ2n) is 6.79. The Morgan fingerprint density at radius 1 is 0.941 bits per heavy atom. The lowest BCUT2D eigenvalue weighted by Crippen LogP contribution is -2.34. The SMILES string of the molecule is COc1ccc(C(=O)NCC(=O)NN=Cc2ccc(OC(=O)c3ccc(Cl)cc3Cl)cc2)cc1. The Morgan fingerprint density at radius 3 is 2.26 bits per heavy atom. The van der Waals surface area contributed by atoms with Crippen molar-refractivity contribution in [2.75, 3.05) is 13.7 Å². The lowest BCUT2D eigenvalue weighted by molar-refractivity contribution is -0.120. The number of benzene rings is 3. The quantitative estimate of drug-likeness (QED) is 0.210. The fourth-order valence-corrected chi connectivity index (χ4v) is 3.15. The standard InChI is InChI=1S/C24H19Cl2N3O5/c1-33-18-9-4-16(5-10-18)23(31)27-14-22(30)29-28-13-15-2-7-19(8-3-15)34-24(32)20-11-6-17(25)12-21(20)26/h2-13H,14H2,1H3,(H,27,31)(H,29,30). The lowest BCUT2D eigenvalue weighted by Gasteiger charge is -2.06. The molecule has 0 saturated carbocycles. The van der Waals surface area contributed by atoms with E-state index < -0.39 is 17.8 Å². The number of halogens is 2. The molecule has 0 aliphatic rings. The number of ether oxygens (including phenoxy) is 2. The Labute approximate surface area is 205 Å². The summed E-state index contributed by atoms with van der Waals surface area (Å²) in [5.41, 5.74) is 3.56. The van der Waals surface area contributed by atoms with Gasteiger partial charge in [0.05, 0.1) is 30.5 Å². The summed E-state index contributed by atoms with van der Waals surface area (Å²) < 4.78 is 10.3. The van der Waals surface area contributed by atoms with Crippen LogP contribution < -0.4 is 20.2 Å². The fraction of sp³-hybridized carbons (Fsp3) is 0.0833. The summed E-state index contributed by atoms with van der Waals surface area (Å²) in [5.74, 6) is -0.582. The molecule has 3 aromatic carbocycles. The average molecular weight is 500 g/mol. The summed E-state index contributed by atoms with van der Waals surface area (Å²) in [7, 11) is 1.53. The zero-order valence-electron chi connectivity index (χ0n) is 17.9. The van der Waals surface area contributed by atoms with Gasteiger partial charge in [-0.1, -0.05) is 23.2 Å². The summed E-state index contributed by atoms with van der Waals surface area (Å²) in [5, 5.41) is 6.95. The number of hydrazone groups is 1. The van der Waals surface area contributed by atoms with E-state index in [1.807, 2.05) is 0 Å². The number of esters is 1. The van der Waals surface area contributed by atoms with E-state index in [0.717, 1.165) is 0 Å². The van der Waals surface area contributed by atoms with Crippen LogP contribution in [-0.2, 0) is 4.79 Å². The fourth-order valence-electron chi connectivity index (χ4n) is 2.66. The highest BCUT2D eigenvalue weighted by Crippen LogP contribution is 2.23. The van der Waals surface area contributed by atoms with Crippen LogP contribution in [0, 0.1) is 0 Å². The molecule has 0 saturated heterocycles. The van der Waals surface area contributed by atoms with Crippen LogP contribution in [0.4, 0.5) is 0 Å². The number of nitrogens with zero attached hydrogens (tertiary/aromatic N) is 1. The van der Waals surface area contributed by atoms with E-state index in [1.54, 1.807) is 54.6 Å². The predicted molar refractivity (Wildman–Crippen MR) is 129 cm³/mol. The van der Waals surface area contributed by atoms with Gasteiger partial charge >= 0.3 is 5.97 Å². The zero-order chi connectivity index (χ0) is 24.5. The Balaban J connectivity index is 1.45. The van der Waals surface area contributed by atoms with Gasteiger partial charge in [0.2, 0.25) is 0 Å². The van der Waals surface area contributed by atoms with Crippen LogP contribution in [0.2, 0.25) is 10.0 Å². The summed E-state index contributed by atoms with van der Waals surface area (Å²) in [6.07, 6.45) is 1.41. The van der Waals surface area contributed by atoms with E-state index in [9.17, 15) is 14.4 Å². The largest absolute Gasteiger partial charge is 0.497 e.